The molecule has 4 aliphatic rings. The predicted molar refractivity (Wildman–Crippen MR) is 46.7 cm³/mol. The topological polar surface area (TPSA) is 0 Å². The lowest BCUT2D eigenvalue weighted by Gasteiger charge is -2.14. The Balaban J connectivity index is 1.95. The second-order valence-electron chi connectivity index (χ2n) is 4.84. The van der Waals surface area contributed by atoms with Gasteiger partial charge in [-0.2, -0.15) is 0 Å². The van der Waals surface area contributed by atoms with E-state index in [0.717, 1.165) is 23.7 Å². The lowest BCUT2D eigenvalue weighted by Crippen LogP contribution is -2.10. The Hall–Kier alpha value is 0.290. The molecule has 2 unspecified atom stereocenters. The summed E-state index contributed by atoms with van der Waals surface area (Å²) in [5.74, 6) is 4.10. The highest BCUT2D eigenvalue weighted by Gasteiger charge is 2.47. The quantitative estimate of drug-likeness (QED) is 0.491. The molecular weight excluding hydrogens is 156 g/mol. The van der Waals surface area contributed by atoms with Crippen molar-refractivity contribution in [3.8, 4) is 0 Å². The first-order chi connectivity index (χ1) is 5.33. The molecule has 4 bridgehead atoms. The first kappa shape index (κ1) is 6.77. The van der Waals surface area contributed by atoms with E-state index in [0.29, 0.717) is 5.38 Å². The highest BCUT2D eigenvalue weighted by Crippen LogP contribution is 2.56. The molecule has 0 aliphatic heterocycles. The number of hydrogen-bond donors (Lipinski definition) is 0. The number of rotatable bonds is 0. The molecule has 0 radical (unpaired) electrons. The van der Waals surface area contributed by atoms with Gasteiger partial charge in [0.25, 0.3) is 0 Å². The van der Waals surface area contributed by atoms with Crippen molar-refractivity contribution >= 4 is 11.6 Å². The zero-order valence-electron chi connectivity index (χ0n) is 6.80. The van der Waals surface area contributed by atoms with Gasteiger partial charge in [0.2, 0.25) is 0 Å². The van der Waals surface area contributed by atoms with E-state index in [2.05, 4.69) is 0 Å². The highest BCUT2D eigenvalue weighted by molar-refractivity contribution is 6.20. The molecule has 1 heteroatoms. The molecule has 0 N–H and O–H groups in total. The maximum Gasteiger partial charge on any atom is 0.0367 e. The van der Waals surface area contributed by atoms with Crippen LogP contribution in [0.25, 0.3) is 0 Å². The molecule has 4 aliphatic carbocycles. The van der Waals surface area contributed by atoms with E-state index in [1.54, 1.807) is 0 Å². The number of alkyl halides is 1. The molecule has 0 spiro atoms. The second-order valence-corrected chi connectivity index (χ2v) is 5.40. The van der Waals surface area contributed by atoms with Crippen molar-refractivity contribution in [2.45, 2.75) is 37.5 Å². The third kappa shape index (κ3) is 0.884. The maximum atomic E-state index is 6.34. The van der Waals surface area contributed by atoms with E-state index in [1.165, 1.54) is 32.1 Å². The van der Waals surface area contributed by atoms with Crippen LogP contribution in [-0.4, -0.2) is 5.38 Å². The number of halogens is 1. The van der Waals surface area contributed by atoms with Gasteiger partial charge < -0.3 is 0 Å². The molecule has 0 amide bonds. The van der Waals surface area contributed by atoms with Gasteiger partial charge in [0.1, 0.15) is 0 Å². The molecule has 0 nitrogen and oxygen atoms in total. The summed E-state index contributed by atoms with van der Waals surface area (Å²) in [4.78, 5) is 0. The van der Waals surface area contributed by atoms with Crippen LogP contribution in [0, 0.1) is 23.7 Å². The molecule has 4 rings (SSSR count). The lowest BCUT2D eigenvalue weighted by molar-refractivity contribution is 0.457. The molecule has 0 aromatic rings. The van der Waals surface area contributed by atoms with Crippen molar-refractivity contribution in [2.24, 2.45) is 23.7 Å². The second kappa shape index (κ2) is 2.16. The molecule has 0 aromatic heterocycles. The molecule has 5 atom stereocenters. The van der Waals surface area contributed by atoms with Gasteiger partial charge in [-0.15, -0.1) is 11.6 Å². The third-order valence-electron chi connectivity index (χ3n) is 4.22. The molecule has 0 heterocycles. The molecule has 4 saturated carbocycles. The highest BCUT2D eigenvalue weighted by atomic mass is 35.5. The normalized spacial score (nSPS) is 60.3. The minimum Gasteiger partial charge on any atom is -0.123 e. The minimum absolute atomic E-state index is 0.539. The predicted octanol–water partition coefficient (Wildman–Crippen LogP) is 3.05. The summed E-state index contributed by atoms with van der Waals surface area (Å²) in [5.41, 5.74) is 0. The fourth-order valence-corrected chi connectivity index (χ4v) is 4.25. The number of fused-ring (bicyclic) bond motifs is 1. The molecule has 4 fully saturated rings. The van der Waals surface area contributed by atoms with Crippen LogP contribution in [-0.2, 0) is 0 Å². The molecule has 11 heavy (non-hydrogen) atoms. The molecule has 0 saturated heterocycles. The Bertz CT molecular complexity index is 164. The summed E-state index contributed by atoms with van der Waals surface area (Å²) in [6, 6.07) is 0. The van der Waals surface area contributed by atoms with Gasteiger partial charge in [-0.05, 0) is 55.8 Å². The van der Waals surface area contributed by atoms with E-state index in [1.807, 2.05) is 0 Å². The summed E-state index contributed by atoms with van der Waals surface area (Å²) in [7, 11) is 0. The number of hydrogen-bond acceptors (Lipinski definition) is 0. The van der Waals surface area contributed by atoms with Gasteiger partial charge in [-0.1, -0.05) is 0 Å². The van der Waals surface area contributed by atoms with Crippen molar-refractivity contribution in [1.82, 2.24) is 0 Å². The summed E-state index contributed by atoms with van der Waals surface area (Å²) in [5, 5.41) is 0.539. The van der Waals surface area contributed by atoms with Gasteiger partial charge in [-0.25, -0.2) is 0 Å². The van der Waals surface area contributed by atoms with Crippen LogP contribution in [0.3, 0.4) is 0 Å². The third-order valence-corrected chi connectivity index (χ3v) is 4.75. The monoisotopic (exact) mass is 170 g/mol. The van der Waals surface area contributed by atoms with Crippen LogP contribution in [0.2, 0.25) is 0 Å². The van der Waals surface area contributed by atoms with Gasteiger partial charge in [0.15, 0.2) is 0 Å². The molecule has 62 valence electrons. The summed E-state index contributed by atoms with van der Waals surface area (Å²) in [6.45, 7) is 0. The standard InChI is InChI=1S/C10H15Cl/c11-10-3-6-1-7-4-9(10)5-8(7)2-6/h6-10H,1-5H2/t6?,7-,8+,9?,10-/m1/s1. The zero-order chi connectivity index (χ0) is 7.42. The Morgan fingerprint density at radius 2 is 1.36 bits per heavy atom. The Morgan fingerprint density at radius 3 is 2.00 bits per heavy atom. The van der Waals surface area contributed by atoms with E-state index >= 15 is 0 Å². The first-order valence-electron chi connectivity index (χ1n) is 4.97. The summed E-state index contributed by atoms with van der Waals surface area (Å²) >= 11 is 6.34. The van der Waals surface area contributed by atoms with Gasteiger partial charge >= 0.3 is 0 Å². The average Bonchev–Trinajstić information content (AvgIpc) is 2.33. The fourth-order valence-electron chi connectivity index (χ4n) is 3.79. The van der Waals surface area contributed by atoms with Crippen LogP contribution in [0.15, 0.2) is 0 Å². The van der Waals surface area contributed by atoms with Crippen molar-refractivity contribution < 1.29 is 0 Å². The molecule has 0 aromatic carbocycles. The minimum atomic E-state index is 0.539. The van der Waals surface area contributed by atoms with Crippen LogP contribution in [0.1, 0.15) is 32.1 Å². The van der Waals surface area contributed by atoms with Crippen LogP contribution >= 0.6 is 11.6 Å². The van der Waals surface area contributed by atoms with E-state index in [4.69, 9.17) is 11.6 Å². The van der Waals surface area contributed by atoms with Crippen molar-refractivity contribution in [3.05, 3.63) is 0 Å². The Morgan fingerprint density at radius 1 is 0.727 bits per heavy atom. The van der Waals surface area contributed by atoms with Crippen molar-refractivity contribution in [2.75, 3.05) is 0 Å². The van der Waals surface area contributed by atoms with Crippen molar-refractivity contribution in [3.63, 3.8) is 0 Å². The molecular formula is C10H15Cl. The first-order valence-corrected chi connectivity index (χ1v) is 5.40. The Labute approximate surface area is 73.3 Å². The SMILES string of the molecule is Cl[C@@H]1CC2C[C@@H]3CC1C[C@@H]3C2. The summed E-state index contributed by atoms with van der Waals surface area (Å²) in [6.07, 6.45) is 7.30. The Kier molecular flexibility index (Phi) is 1.33. The smallest absolute Gasteiger partial charge is 0.0367 e. The average molecular weight is 171 g/mol. The van der Waals surface area contributed by atoms with Gasteiger partial charge in [0.05, 0.1) is 0 Å². The maximum absolute atomic E-state index is 6.34. The van der Waals surface area contributed by atoms with E-state index in [9.17, 15) is 0 Å². The van der Waals surface area contributed by atoms with Gasteiger partial charge in [-0.3, -0.25) is 0 Å². The largest absolute Gasteiger partial charge is 0.123 e. The fraction of sp³-hybridized carbons (Fsp3) is 1.00. The summed E-state index contributed by atoms with van der Waals surface area (Å²) < 4.78 is 0. The van der Waals surface area contributed by atoms with E-state index < -0.39 is 0 Å². The van der Waals surface area contributed by atoms with Crippen LogP contribution in [0.4, 0.5) is 0 Å². The zero-order valence-corrected chi connectivity index (χ0v) is 7.56. The lowest BCUT2D eigenvalue weighted by atomic mass is 10.0. The van der Waals surface area contributed by atoms with Gasteiger partial charge in [0, 0.05) is 5.38 Å². The van der Waals surface area contributed by atoms with Crippen molar-refractivity contribution in [1.29, 1.82) is 0 Å². The van der Waals surface area contributed by atoms with Crippen LogP contribution in [0.5, 0.6) is 0 Å². The van der Waals surface area contributed by atoms with E-state index in [-0.39, 0.29) is 0 Å². The van der Waals surface area contributed by atoms with Crippen LogP contribution < -0.4 is 0 Å².